The van der Waals surface area contributed by atoms with Gasteiger partial charge in [0.25, 0.3) is 0 Å². The van der Waals surface area contributed by atoms with Crippen molar-refractivity contribution in [3.05, 3.63) is 83.5 Å². The van der Waals surface area contributed by atoms with Gasteiger partial charge in [-0.05, 0) is 141 Å². The molecule has 8 heteroatoms. The van der Waals surface area contributed by atoms with Crippen molar-refractivity contribution >= 4 is 67.8 Å². The van der Waals surface area contributed by atoms with E-state index in [1.165, 1.54) is 0 Å². The van der Waals surface area contributed by atoms with E-state index in [0.717, 1.165) is 28.1 Å². The van der Waals surface area contributed by atoms with Crippen molar-refractivity contribution in [2.75, 3.05) is 0 Å². The SMILES string of the molecule is Oc1ccc(I)cc1.Oc1ccc(I)cc1.Oc1ccc(I)cc1.[O]=[V]. The molecule has 0 bridgehead atoms. The van der Waals surface area contributed by atoms with Crippen LogP contribution in [0.25, 0.3) is 0 Å². The fraction of sp³-hybridized carbons (Fsp3) is 0. The summed E-state index contributed by atoms with van der Waals surface area (Å²) in [4.78, 5) is 0. The number of rotatable bonds is 0. The summed E-state index contributed by atoms with van der Waals surface area (Å²) in [6, 6.07) is 21.2. The third-order valence-corrected chi connectivity index (χ3v) is 4.64. The van der Waals surface area contributed by atoms with Gasteiger partial charge >= 0.3 is 21.0 Å². The van der Waals surface area contributed by atoms with Crippen molar-refractivity contribution in [3.63, 3.8) is 0 Å². The van der Waals surface area contributed by atoms with Gasteiger partial charge in [0.2, 0.25) is 0 Å². The van der Waals surface area contributed by atoms with Crippen LogP contribution >= 0.6 is 67.8 Å². The molecule has 3 N–H and O–H groups in total. The molecule has 3 rings (SSSR count). The summed E-state index contributed by atoms with van der Waals surface area (Å²) in [5.41, 5.74) is 0. The zero-order valence-electron chi connectivity index (χ0n) is 13.3. The number of benzene rings is 3. The topological polar surface area (TPSA) is 77.8 Å². The first kappa shape index (κ1) is 25.6. The molecule has 0 saturated heterocycles. The monoisotopic (exact) mass is 727 g/mol. The summed E-state index contributed by atoms with van der Waals surface area (Å²) in [6.45, 7) is 0. The van der Waals surface area contributed by atoms with Gasteiger partial charge in [-0.2, -0.15) is 0 Å². The van der Waals surface area contributed by atoms with Crippen LogP contribution in [0.5, 0.6) is 17.2 Å². The second-order valence-electron chi connectivity index (χ2n) is 4.43. The van der Waals surface area contributed by atoms with Gasteiger partial charge in [0.05, 0.1) is 0 Å². The molecular formula is C18H15I3O4V. The molecule has 137 valence electrons. The van der Waals surface area contributed by atoms with Crippen LogP contribution in [-0.4, -0.2) is 15.3 Å². The normalized spacial score (nSPS) is 8.54. The summed E-state index contributed by atoms with van der Waals surface area (Å²) < 4.78 is 11.6. The second-order valence-corrected chi connectivity index (χ2v) is 8.17. The van der Waals surface area contributed by atoms with Crippen LogP contribution in [0.3, 0.4) is 0 Å². The van der Waals surface area contributed by atoms with Crippen molar-refractivity contribution in [2.24, 2.45) is 0 Å². The summed E-state index contributed by atoms with van der Waals surface area (Å²) in [5.74, 6) is 0.973. The number of phenols is 3. The zero-order valence-corrected chi connectivity index (χ0v) is 21.1. The van der Waals surface area contributed by atoms with Crippen LogP contribution < -0.4 is 0 Å². The minimum absolute atomic E-state index is 0.324. The molecule has 0 heterocycles. The number of phenolic OH excluding ortho intramolecular Hbond substituents is 3. The van der Waals surface area contributed by atoms with E-state index in [1.54, 1.807) is 36.4 Å². The number of halogens is 3. The first-order chi connectivity index (χ1) is 12.4. The zero-order chi connectivity index (χ0) is 19.9. The second kappa shape index (κ2) is 15.7. The van der Waals surface area contributed by atoms with Gasteiger partial charge in [-0.25, -0.2) is 0 Å². The maximum absolute atomic E-state index is 8.75. The molecule has 0 aromatic heterocycles. The molecule has 3 aromatic rings. The van der Waals surface area contributed by atoms with Crippen molar-refractivity contribution in [1.29, 1.82) is 0 Å². The van der Waals surface area contributed by atoms with E-state index in [2.05, 4.69) is 67.8 Å². The Morgan fingerprint density at radius 2 is 0.615 bits per heavy atom. The molecule has 0 radical (unpaired) electrons. The maximum atomic E-state index is 8.75. The molecular weight excluding hydrogens is 712 g/mol. The Labute approximate surface area is 202 Å². The Morgan fingerprint density at radius 3 is 0.731 bits per heavy atom. The molecule has 3 aromatic carbocycles. The van der Waals surface area contributed by atoms with Crippen LogP contribution in [0.1, 0.15) is 0 Å². The summed E-state index contributed by atoms with van der Waals surface area (Å²) in [5, 5.41) is 26.3. The minimum atomic E-state index is 0.324. The molecule has 0 atom stereocenters. The summed E-state index contributed by atoms with van der Waals surface area (Å²) in [6.07, 6.45) is 0. The third kappa shape index (κ3) is 13.8. The standard InChI is InChI=1S/3C6H5IO.O.V/c3*7-5-1-3-6(8)4-2-5;;/h3*1-4,8H;;. The average molecular weight is 727 g/mol. The molecule has 0 aliphatic heterocycles. The molecule has 0 spiro atoms. The van der Waals surface area contributed by atoms with Gasteiger partial charge in [-0.3, -0.25) is 0 Å². The van der Waals surface area contributed by atoms with E-state index in [9.17, 15) is 0 Å². The van der Waals surface area contributed by atoms with E-state index in [0.29, 0.717) is 17.2 Å². The molecule has 4 nitrogen and oxygen atoms in total. The van der Waals surface area contributed by atoms with E-state index in [4.69, 9.17) is 19.0 Å². The number of aromatic hydroxyl groups is 3. The molecule has 0 saturated carbocycles. The predicted octanol–water partition coefficient (Wildman–Crippen LogP) is 5.87. The third-order valence-electron chi connectivity index (χ3n) is 2.48. The Bertz CT molecular complexity index is 569. The van der Waals surface area contributed by atoms with E-state index >= 15 is 0 Å². The van der Waals surface area contributed by atoms with Crippen LogP contribution in [0, 0.1) is 10.7 Å². The Morgan fingerprint density at radius 1 is 0.462 bits per heavy atom. The van der Waals surface area contributed by atoms with Gasteiger partial charge in [0.15, 0.2) is 0 Å². The average Bonchev–Trinajstić information content (AvgIpc) is 2.65. The van der Waals surface area contributed by atoms with Gasteiger partial charge in [0, 0.05) is 10.7 Å². The quantitative estimate of drug-likeness (QED) is 0.254. The van der Waals surface area contributed by atoms with E-state index in [-0.39, 0.29) is 0 Å². The Kier molecular flexibility index (Phi) is 15.4. The van der Waals surface area contributed by atoms with E-state index < -0.39 is 0 Å². The fourth-order valence-electron chi connectivity index (χ4n) is 1.32. The summed E-state index contributed by atoms with van der Waals surface area (Å²) in [7, 11) is 0. The van der Waals surface area contributed by atoms with Gasteiger partial charge < -0.3 is 15.3 Å². The van der Waals surface area contributed by atoms with Crippen molar-refractivity contribution < 1.29 is 36.4 Å². The molecule has 0 aliphatic rings. The number of hydrogen-bond acceptors (Lipinski definition) is 4. The summed E-state index contributed by atoms with van der Waals surface area (Å²) >= 11 is 7.62. The Hall–Kier alpha value is -0.366. The van der Waals surface area contributed by atoms with Crippen LogP contribution in [0.4, 0.5) is 0 Å². The van der Waals surface area contributed by atoms with Crippen LogP contribution in [0.2, 0.25) is 0 Å². The first-order valence-electron chi connectivity index (χ1n) is 6.88. The van der Waals surface area contributed by atoms with Crippen molar-refractivity contribution in [2.45, 2.75) is 0 Å². The van der Waals surface area contributed by atoms with Gasteiger partial charge in [-0.15, -0.1) is 0 Å². The molecule has 0 amide bonds. The van der Waals surface area contributed by atoms with Crippen molar-refractivity contribution in [1.82, 2.24) is 0 Å². The van der Waals surface area contributed by atoms with Crippen LogP contribution in [-0.2, 0) is 21.0 Å². The number of hydrogen-bond donors (Lipinski definition) is 3. The first-order valence-corrected chi connectivity index (χ1v) is 10.7. The van der Waals surface area contributed by atoms with Crippen molar-refractivity contribution in [3.8, 4) is 17.2 Å². The molecule has 0 fully saturated rings. The Balaban J connectivity index is 0.000000344. The molecule has 0 unspecified atom stereocenters. The molecule has 26 heavy (non-hydrogen) atoms. The van der Waals surface area contributed by atoms with E-state index in [1.807, 2.05) is 36.4 Å². The fourth-order valence-corrected chi connectivity index (χ4v) is 2.40. The van der Waals surface area contributed by atoms with Gasteiger partial charge in [-0.1, -0.05) is 0 Å². The van der Waals surface area contributed by atoms with Gasteiger partial charge in [0.1, 0.15) is 17.2 Å². The predicted molar refractivity (Wildman–Crippen MR) is 123 cm³/mol. The molecule has 0 aliphatic carbocycles. The van der Waals surface area contributed by atoms with Crippen LogP contribution in [0.15, 0.2) is 72.8 Å².